The molecule has 202 valence electrons. The lowest BCUT2D eigenvalue weighted by molar-refractivity contribution is -0.139. The second-order valence-electron chi connectivity index (χ2n) is 9.97. The van der Waals surface area contributed by atoms with Gasteiger partial charge in [-0.05, 0) is 72.1 Å². The van der Waals surface area contributed by atoms with E-state index in [0.717, 1.165) is 28.7 Å². The molecule has 2 aromatic rings. The maximum atomic E-state index is 13.3. The van der Waals surface area contributed by atoms with Crippen molar-refractivity contribution in [3.63, 3.8) is 0 Å². The summed E-state index contributed by atoms with van der Waals surface area (Å²) >= 11 is 1.56. The molecular formula is C30H41NO5S. The number of carboxylic acids is 1. The van der Waals surface area contributed by atoms with Crippen molar-refractivity contribution in [3.05, 3.63) is 59.2 Å². The van der Waals surface area contributed by atoms with Crippen molar-refractivity contribution in [1.82, 2.24) is 5.32 Å². The Kier molecular flexibility index (Phi) is 12.0. The van der Waals surface area contributed by atoms with E-state index < -0.39 is 12.0 Å². The van der Waals surface area contributed by atoms with Crippen molar-refractivity contribution in [3.8, 4) is 11.1 Å². The average molecular weight is 528 g/mol. The van der Waals surface area contributed by atoms with Crippen LogP contribution in [0.5, 0.6) is 0 Å². The number of nitrogens with one attached hydrogen (secondary N) is 1. The molecule has 0 aliphatic heterocycles. The third-order valence-corrected chi connectivity index (χ3v) is 7.78. The summed E-state index contributed by atoms with van der Waals surface area (Å²) in [5, 5.41) is 12.3. The maximum absolute atomic E-state index is 13.3. The molecule has 1 aliphatic rings. The highest BCUT2D eigenvalue weighted by Gasteiger charge is 2.23. The van der Waals surface area contributed by atoms with Gasteiger partial charge in [0.25, 0.3) is 5.91 Å². The number of thioether (sulfide) groups is 1. The first-order valence-electron chi connectivity index (χ1n) is 13.2. The van der Waals surface area contributed by atoms with Crippen molar-refractivity contribution in [2.24, 2.45) is 5.92 Å². The zero-order valence-electron chi connectivity index (χ0n) is 22.3. The molecule has 1 aliphatic carbocycles. The highest BCUT2D eigenvalue weighted by molar-refractivity contribution is 7.98. The van der Waals surface area contributed by atoms with E-state index in [9.17, 15) is 14.7 Å². The molecule has 6 nitrogen and oxygen atoms in total. The van der Waals surface area contributed by atoms with Gasteiger partial charge in [0, 0.05) is 12.7 Å². The van der Waals surface area contributed by atoms with E-state index in [1.807, 2.05) is 49.6 Å². The lowest BCUT2D eigenvalue weighted by atomic mass is 9.85. The summed E-state index contributed by atoms with van der Waals surface area (Å²) < 4.78 is 11.8. The highest BCUT2D eigenvalue weighted by atomic mass is 32.2. The average Bonchev–Trinajstić information content (AvgIpc) is 2.90. The fraction of sp³-hybridized carbons (Fsp3) is 0.533. The molecular weight excluding hydrogens is 486 g/mol. The minimum absolute atomic E-state index is 0.0331. The number of aryl methyl sites for hydroxylation is 1. The van der Waals surface area contributed by atoms with Gasteiger partial charge < -0.3 is 19.9 Å². The molecule has 0 radical (unpaired) electrons. The van der Waals surface area contributed by atoms with Gasteiger partial charge in [-0.1, -0.05) is 62.4 Å². The Balaban J connectivity index is 1.82. The standard InChI is InChI=1S/C30H41NO5S/c1-21-9-7-8-12-25(21)27-18-23(19-36-24(20-35-2)17-22-10-5-4-6-11-22)13-14-26(27)29(32)31-28(30(33)34)15-16-37-3/h7-9,12-14,18,22,24,28H,4-6,10-11,15-17,19-20H2,1-3H3,(H,31,32)(H,33,34)/t24?,28-/m0/s1. The molecule has 1 saturated carbocycles. The van der Waals surface area contributed by atoms with Gasteiger partial charge in [-0.15, -0.1) is 0 Å². The van der Waals surface area contributed by atoms with Gasteiger partial charge in [0.2, 0.25) is 0 Å². The summed E-state index contributed by atoms with van der Waals surface area (Å²) in [4.78, 5) is 25.0. The molecule has 1 amide bonds. The number of aliphatic carboxylic acids is 1. The van der Waals surface area contributed by atoms with Crippen LogP contribution in [0.4, 0.5) is 0 Å². The second kappa shape index (κ2) is 15.2. The topological polar surface area (TPSA) is 84.9 Å². The number of ether oxygens (including phenoxy) is 2. The number of rotatable bonds is 14. The number of carbonyl (C=O) groups excluding carboxylic acids is 1. The molecule has 0 spiro atoms. The smallest absolute Gasteiger partial charge is 0.326 e. The summed E-state index contributed by atoms with van der Waals surface area (Å²) in [5.41, 5.74) is 4.20. The predicted molar refractivity (Wildman–Crippen MR) is 150 cm³/mol. The van der Waals surface area contributed by atoms with E-state index >= 15 is 0 Å². The van der Waals surface area contributed by atoms with E-state index in [0.29, 0.717) is 36.9 Å². The van der Waals surface area contributed by atoms with Crippen LogP contribution < -0.4 is 5.32 Å². The fourth-order valence-electron chi connectivity index (χ4n) is 5.08. The van der Waals surface area contributed by atoms with Crippen LogP contribution in [0.1, 0.15) is 66.4 Å². The molecule has 2 N–H and O–H groups in total. The molecule has 7 heteroatoms. The Labute approximate surface area is 225 Å². The van der Waals surface area contributed by atoms with Crippen molar-refractivity contribution in [2.75, 3.05) is 25.7 Å². The van der Waals surface area contributed by atoms with E-state index in [1.165, 1.54) is 32.1 Å². The van der Waals surface area contributed by atoms with Gasteiger partial charge in [-0.2, -0.15) is 11.8 Å². The Morgan fingerprint density at radius 1 is 1.11 bits per heavy atom. The molecule has 37 heavy (non-hydrogen) atoms. The first kappa shape index (κ1) is 29.2. The van der Waals surface area contributed by atoms with Crippen LogP contribution in [-0.2, 0) is 20.9 Å². The summed E-state index contributed by atoms with van der Waals surface area (Å²) in [5.74, 6) is -0.0571. The zero-order valence-corrected chi connectivity index (χ0v) is 23.1. The quantitative estimate of drug-likeness (QED) is 0.309. The van der Waals surface area contributed by atoms with Crippen LogP contribution in [0.15, 0.2) is 42.5 Å². The Morgan fingerprint density at radius 3 is 2.54 bits per heavy atom. The third kappa shape index (κ3) is 8.87. The van der Waals surface area contributed by atoms with Gasteiger partial charge in [0.1, 0.15) is 6.04 Å². The Bertz CT molecular complexity index is 1020. The van der Waals surface area contributed by atoms with E-state index in [4.69, 9.17) is 9.47 Å². The largest absolute Gasteiger partial charge is 0.480 e. The molecule has 1 fully saturated rings. The SMILES string of the molecule is COCC(CC1CCCCC1)OCc1ccc(C(=O)N[C@@H](CCSC)C(=O)O)c(-c2ccccc2C)c1. The summed E-state index contributed by atoms with van der Waals surface area (Å²) in [7, 11) is 1.71. The van der Waals surface area contributed by atoms with Crippen LogP contribution in [0.2, 0.25) is 0 Å². The maximum Gasteiger partial charge on any atom is 0.326 e. The van der Waals surface area contributed by atoms with Crippen molar-refractivity contribution in [2.45, 2.75) is 70.6 Å². The highest BCUT2D eigenvalue weighted by Crippen LogP contribution is 2.30. The zero-order chi connectivity index (χ0) is 26.6. The summed E-state index contributed by atoms with van der Waals surface area (Å²) in [6.07, 6.45) is 9.79. The van der Waals surface area contributed by atoms with Crippen LogP contribution >= 0.6 is 11.8 Å². The van der Waals surface area contributed by atoms with Gasteiger partial charge in [-0.3, -0.25) is 4.79 Å². The Morgan fingerprint density at radius 2 is 1.86 bits per heavy atom. The van der Waals surface area contributed by atoms with Crippen molar-refractivity contribution >= 4 is 23.6 Å². The number of amides is 1. The minimum atomic E-state index is -1.02. The molecule has 2 aromatic carbocycles. The number of carbonyl (C=O) groups is 2. The molecule has 2 atom stereocenters. The van der Waals surface area contributed by atoms with Gasteiger partial charge in [0.15, 0.2) is 0 Å². The van der Waals surface area contributed by atoms with Crippen molar-refractivity contribution < 1.29 is 24.2 Å². The molecule has 0 bridgehead atoms. The van der Waals surface area contributed by atoms with Crippen LogP contribution in [0, 0.1) is 12.8 Å². The number of hydrogen-bond donors (Lipinski definition) is 2. The number of benzene rings is 2. The summed E-state index contributed by atoms with van der Waals surface area (Å²) in [6, 6.07) is 12.7. The second-order valence-corrected chi connectivity index (χ2v) is 11.0. The third-order valence-electron chi connectivity index (χ3n) is 7.14. The lowest BCUT2D eigenvalue weighted by Gasteiger charge is -2.26. The van der Waals surface area contributed by atoms with Crippen LogP contribution in [0.25, 0.3) is 11.1 Å². The normalized spacial score (nSPS) is 15.8. The molecule has 0 heterocycles. The van der Waals surface area contributed by atoms with E-state index in [-0.39, 0.29) is 12.0 Å². The molecule has 0 saturated heterocycles. The molecule has 3 rings (SSSR count). The first-order chi connectivity index (χ1) is 17.9. The Hall–Kier alpha value is -2.35. The predicted octanol–water partition coefficient (Wildman–Crippen LogP) is 6.10. The van der Waals surface area contributed by atoms with E-state index in [1.54, 1.807) is 24.9 Å². The fourth-order valence-corrected chi connectivity index (χ4v) is 5.56. The van der Waals surface area contributed by atoms with Gasteiger partial charge in [-0.25, -0.2) is 4.79 Å². The summed E-state index contributed by atoms with van der Waals surface area (Å²) in [6.45, 7) is 3.00. The number of hydrogen-bond acceptors (Lipinski definition) is 5. The number of carboxylic acid groups (broad SMARTS) is 1. The monoisotopic (exact) mass is 527 g/mol. The molecule has 0 aromatic heterocycles. The van der Waals surface area contributed by atoms with Gasteiger partial charge >= 0.3 is 5.97 Å². The van der Waals surface area contributed by atoms with Crippen LogP contribution in [-0.4, -0.2) is 54.9 Å². The van der Waals surface area contributed by atoms with E-state index in [2.05, 4.69) is 5.32 Å². The lowest BCUT2D eigenvalue weighted by Crippen LogP contribution is -2.41. The number of methoxy groups -OCH3 is 1. The van der Waals surface area contributed by atoms with Crippen molar-refractivity contribution in [1.29, 1.82) is 0 Å². The molecule has 1 unspecified atom stereocenters. The first-order valence-corrected chi connectivity index (χ1v) is 14.6. The van der Waals surface area contributed by atoms with Crippen LogP contribution in [0.3, 0.4) is 0 Å². The minimum Gasteiger partial charge on any atom is -0.480 e. The van der Waals surface area contributed by atoms with Gasteiger partial charge in [0.05, 0.1) is 19.3 Å².